The third-order valence-corrected chi connectivity index (χ3v) is 2.91. The van der Waals surface area contributed by atoms with Gasteiger partial charge in [0.15, 0.2) is 11.7 Å². The van der Waals surface area contributed by atoms with Crippen LogP contribution in [0.5, 0.6) is 5.75 Å². The second-order valence-corrected chi connectivity index (χ2v) is 5.17. The molecule has 1 aliphatic heterocycles. The molecule has 1 aromatic carbocycles. The van der Waals surface area contributed by atoms with E-state index in [0.29, 0.717) is 19.8 Å². The normalized spacial score (nSPS) is 18.0. The maximum atomic E-state index is 12.3. The lowest BCUT2D eigenvalue weighted by Gasteiger charge is -2.36. The zero-order valence-corrected chi connectivity index (χ0v) is 11.4. The van der Waals surface area contributed by atoms with E-state index >= 15 is 0 Å². The zero-order chi connectivity index (χ0) is 15.5. The van der Waals surface area contributed by atoms with E-state index in [9.17, 15) is 13.2 Å². The topological polar surface area (TPSA) is 68.9 Å². The molecule has 0 saturated carbocycles. The van der Waals surface area contributed by atoms with Gasteiger partial charge in [-0.25, -0.2) is 0 Å². The van der Waals surface area contributed by atoms with Crippen molar-refractivity contribution in [3.63, 3.8) is 0 Å². The number of benzene rings is 1. The molecule has 0 radical (unpaired) electrons. The lowest BCUT2D eigenvalue weighted by Crippen LogP contribution is -2.43. The number of hydrogen-bond acceptors (Lipinski definition) is 3. The van der Waals surface area contributed by atoms with E-state index in [1.807, 2.05) is 6.92 Å². The number of nitrogens with one attached hydrogen (secondary N) is 1. The molecular formula is C13H16F3N3O2. The predicted octanol–water partition coefficient (Wildman–Crippen LogP) is 2.35. The van der Waals surface area contributed by atoms with Crippen LogP contribution in [0.15, 0.2) is 29.3 Å². The molecule has 5 nitrogen and oxygen atoms in total. The van der Waals surface area contributed by atoms with Gasteiger partial charge in [-0.05, 0) is 12.1 Å². The molecule has 116 valence electrons. The highest BCUT2D eigenvalue weighted by Gasteiger charge is 2.33. The second-order valence-electron chi connectivity index (χ2n) is 5.17. The van der Waals surface area contributed by atoms with E-state index in [0.717, 1.165) is 0 Å². The largest absolute Gasteiger partial charge is 0.573 e. The summed E-state index contributed by atoms with van der Waals surface area (Å²) in [6.45, 7) is 3.62. The fraction of sp³-hybridized carbons (Fsp3) is 0.462. The molecule has 1 fully saturated rings. The first-order valence-corrected chi connectivity index (χ1v) is 6.27. The van der Waals surface area contributed by atoms with Crippen molar-refractivity contribution in [2.75, 3.05) is 25.1 Å². The Labute approximate surface area is 119 Å². The van der Waals surface area contributed by atoms with Crippen LogP contribution in [0.2, 0.25) is 0 Å². The number of guanidine groups is 1. The summed E-state index contributed by atoms with van der Waals surface area (Å²) in [6, 6.07) is 5.63. The number of ether oxygens (including phenoxy) is 2. The number of aliphatic imine (C=N–C) groups is 1. The van der Waals surface area contributed by atoms with Gasteiger partial charge in [0.05, 0.1) is 25.4 Å². The monoisotopic (exact) mass is 303 g/mol. The number of hydrogen-bond donors (Lipinski definition) is 2. The molecule has 0 atom stereocenters. The van der Waals surface area contributed by atoms with Crippen LogP contribution in [0.3, 0.4) is 0 Å². The molecule has 0 unspecified atom stereocenters. The Morgan fingerprint density at radius 1 is 1.43 bits per heavy atom. The number of alkyl halides is 3. The minimum Gasteiger partial charge on any atom is -0.404 e. The highest BCUT2D eigenvalue weighted by Crippen LogP contribution is 2.30. The first kappa shape index (κ1) is 15.4. The molecular weight excluding hydrogens is 287 g/mol. The fourth-order valence-corrected chi connectivity index (χ4v) is 1.78. The maximum Gasteiger partial charge on any atom is 0.573 e. The Morgan fingerprint density at radius 2 is 2.10 bits per heavy atom. The molecule has 2 rings (SSSR count). The van der Waals surface area contributed by atoms with Gasteiger partial charge in [-0.15, -0.1) is 13.2 Å². The highest BCUT2D eigenvalue weighted by molar-refractivity contribution is 5.93. The van der Waals surface area contributed by atoms with Gasteiger partial charge in [0.2, 0.25) is 0 Å². The van der Waals surface area contributed by atoms with Crippen molar-refractivity contribution in [2.24, 2.45) is 16.1 Å². The summed E-state index contributed by atoms with van der Waals surface area (Å²) in [5.41, 5.74) is 5.73. The van der Waals surface area contributed by atoms with Gasteiger partial charge in [-0.3, -0.25) is 4.99 Å². The summed E-state index contributed by atoms with van der Waals surface area (Å²) in [4.78, 5) is 4.12. The summed E-state index contributed by atoms with van der Waals surface area (Å²) in [5.74, 6) is -0.331. The van der Waals surface area contributed by atoms with Crippen molar-refractivity contribution in [1.82, 2.24) is 0 Å². The van der Waals surface area contributed by atoms with Crippen molar-refractivity contribution in [2.45, 2.75) is 13.3 Å². The first-order chi connectivity index (χ1) is 9.77. The summed E-state index contributed by atoms with van der Waals surface area (Å²) >= 11 is 0. The molecule has 8 heteroatoms. The quantitative estimate of drug-likeness (QED) is 0.662. The molecule has 0 spiro atoms. The number of nitrogens with two attached hydrogens (primary N) is 1. The number of rotatable bonds is 4. The molecule has 1 aromatic rings. The number of nitrogens with zero attached hydrogens (tertiary/aromatic N) is 1. The third kappa shape index (κ3) is 4.52. The number of halogens is 3. The summed E-state index contributed by atoms with van der Waals surface area (Å²) in [6.07, 6.45) is -4.76. The summed E-state index contributed by atoms with van der Waals surface area (Å²) < 4.78 is 45.9. The standard InChI is InChI=1S/C13H16F3N3O2/c1-12(7-20-8-12)6-18-11(17)19-9-4-2-3-5-10(9)21-13(14,15)16/h2-5H,6-8H2,1H3,(H3,17,18,19). The Hall–Kier alpha value is -1.96. The molecule has 21 heavy (non-hydrogen) atoms. The van der Waals surface area contributed by atoms with Crippen molar-refractivity contribution in [3.05, 3.63) is 24.3 Å². The van der Waals surface area contributed by atoms with Gasteiger partial charge in [0, 0.05) is 5.41 Å². The fourth-order valence-electron chi connectivity index (χ4n) is 1.78. The van der Waals surface area contributed by atoms with E-state index in [2.05, 4.69) is 15.0 Å². The van der Waals surface area contributed by atoms with Crippen molar-refractivity contribution in [1.29, 1.82) is 0 Å². The van der Waals surface area contributed by atoms with Crippen LogP contribution < -0.4 is 15.8 Å². The van der Waals surface area contributed by atoms with Crippen LogP contribution in [0.4, 0.5) is 18.9 Å². The van der Waals surface area contributed by atoms with Crippen LogP contribution in [-0.2, 0) is 4.74 Å². The second kappa shape index (κ2) is 5.80. The molecule has 0 aliphatic carbocycles. The smallest absolute Gasteiger partial charge is 0.404 e. The highest BCUT2D eigenvalue weighted by atomic mass is 19.4. The van der Waals surface area contributed by atoms with Crippen molar-refractivity contribution in [3.8, 4) is 5.75 Å². The number of anilines is 1. The van der Waals surface area contributed by atoms with Crippen LogP contribution in [0.1, 0.15) is 6.92 Å². The van der Waals surface area contributed by atoms with Gasteiger partial charge in [0.25, 0.3) is 0 Å². The van der Waals surface area contributed by atoms with Gasteiger partial charge >= 0.3 is 6.36 Å². The van der Waals surface area contributed by atoms with Crippen LogP contribution in [-0.4, -0.2) is 32.1 Å². The van der Waals surface area contributed by atoms with Crippen LogP contribution >= 0.6 is 0 Å². The molecule has 3 N–H and O–H groups in total. The minimum absolute atomic E-state index is 0.0290. The molecule has 1 aliphatic rings. The Morgan fingerprint density at radius 3 is 2.67 bits per heavy atom. The van der Waals surface area contributed by atoms with Crippen LogP contribution in [0, 0.1) is 5.41 Å². The minimum atomic E-state index is -4.76. The van der Waals surface area contributed by atoms with E-state index in [-0.39, 0.29) is 22.8 Å². The van der Waals surface area contributed by atoms with Crippen LogP contribution in [0.25, 0.3) is 0 Å². The maximum absolute atomic E-state index is 12.3. The molecule has 1 heterocycles. The summed E-state index contributed by atoms with van der Waals surface area (Å²) in [5, 5.41) is 2.62. The lowest BCUT2D eigenvalue weighted by molar-refractivity contribution is -0.274. The summed E-state index contributed by atoms with van der Waals surface area (Å²) in [7, 11) is 0. The predicted molar refractivity (Wildman–Crippen MR) is 72.2 cm³/mol. The molecule has 0 aromatic heterocycles. The van der Waals surface area contributed by atoms with Gasteiger partial charge in [-0.2, -0.15) is 0 Å². The molecule has 0 amide bonds. The van der Waals surface area contributed by atoms with E-state index in [1.165, 1.54) is 18.2 Å². The number of para-hydroxylation sites is 2. The third-order valence-electron chi connectivity index (χ3n) is 2.91. The van der Waals surface area contributed by atoms with Gasteiger partial charge < -0.3 is 20.5 Å². The Bertz CT molecular complexity index is 528. The van der Waals surface area contributed by atoms with E-state index < -0.39 is 6.36 Å². The average Bonchev–Trinajstić information content (AvgIpc) is 2.35. The Balaban J connectivity index is 2.03. The molecule has 1 saturated heterocycles. The van der Waals surface area contributed by atoms with Gasteiger partial charge in [0.1, 0.15) is 0 Å². The van der Waals surface area contributed by atoms with E-state index in [1.54, 1.807) is 6.07 Å². The Kier molecular flexibility index (Phi) is 4.26. The zero-order valence-electron chi connectivity index (χ0n) is 11.4. The van der Waals surface area contributed by atoms with E-state index in [4.69, 9.17) is 10.5 Å². The van der Waals surface area contributed by atoms with Gasteiger partial charge in [-0.1, -0.05) is 19.1 Å². The molecule has 0 bridgehead atoms. The average molecular weight is 303 g/mol. The lowest BCUT2D eigenvalue weighted by atomic mass is 9.89. The SMILES string of the molecule is CC1(CN=C(N)Nc2ccccc2OC(F)(F)F)COC1. The van der Waals surface area contributed by atoms with Crippen molar-refractivity contribution < 1.29 is 22.6 Å². The first-order valence-electron chi connectivity index (χ1n) is 6.27. The van der Waals surface area contributed by atoms with Crippen molar-refractivity contribution >= 4 is 11.6 Å².